The predicted molar refractivity (Wildman–Crippen MR) is 115 cm³/mol. The van der Waals surface area contributed by atoms with Gasteiger partial charge in [-0.3, -0.25) is 9.59 Å². The van der Waals surface area contributed by atoms with Crippen molar-refractivity contribution in [2.24, 2.45) is 0 Å². The Morgan fingerprint density at radius 2 is 2.03 bits per heavy atom. The molecule has 3 N–H and O–H groups in total. The molecule has 2 aromatic carbocycles. The summed E-state index contributed by atoms with van der Waals surface area (Å²) in [4.78, 5) is 30.6. The molecule has 0 saturated carbocycles. The first kappa shape index (κ1) is 19.5. The first-order valence-corrected chi connectivity index (χ1v) is 10.8. The summed E-state index contributed by atoms with van der Waals surface area (Å²) in [5, 5.41) is 6.67. The highest BCUT2D eigenvalue weighted by Crippen LogP contribution is 2.28. The van der Waals surface area contributed by atoms with Crippen LogP contribution >= 0.6 is 11.3 Å². The Hall–Kier alpha value is -2.77. The number of fused-ring (bicyclic) bond motifs is 1. The quantitative estimate of drug-likeness (QED) is 0.606. The molecule has 0 spiro atoms. The van der Waals surface area contributed by atoms with Gasteiger partial charge in [0.05, 0.1) is 16.8 Å². The molecule has 1 aliphatic rings. The van der Waals surface area contributed by atoms with Gasteiger partial charge in [-0.15, -0.1) is 11.3 Å². The van der Waals surface area contributed by atoms with Gasteiger partial charge in [-0.25, -0.2) is 4.98 Å². The summed E-state index contributed by atoms with van der Waals surface area (Å²) >= 11 is 1.74. The molecule has 150 valence electrons. The van der Waals surface area contributed by atoms with E-state index in [0.29, 0.717) is 17.8 Å². The van der Waals surface area contributed by atoms with Crippen LogP contribution in [0.4, 0.5) is 5.69 Å². The number of benzene rings is 2. The topological polar surface area (TPSA) is 75.5 Å². The van der Waals surface area contributed by atoms with Crippen LogP contribution in [0.15, 0.2) is 48.5 Å². The van der Waals surface area contributed by atoms with Crippen molar-refractivity contribution in [2.75, 3.05) is 25.5 Å². The van der Waals surface area contributed by atoms with E-state index in [1.165, 1.54) is 16.0 Å². The van der Waals surface area contributed by atoms with Crippen LogP contribution in [-0.4, -0.2) is 36.9 Å². The van der Waals surface area contributed by atoms with Crippen molar-refractivity contribution in [2.45, 2.75) is 25.3 Å². The number of thiazole rings is 1. The number of nitrogens with zero attached hydrogens (tertiary/aromatic N) is 1. The van der Waals surface area contributed by atoms with Crippen LogP contribution < -0.4 is 15.5 Å². The molecule has 3 aromatic rings. The minimum absolute atomic E-state index is 0.0398. The van der Waals surface area contributed by atoms with E-state index in [2.05, 4.69) is 16.7 Å². The molecule has 29 heavy (non-hydrogen) atoms. The number of nitrogens with one attached hydrogen (secondary N) is 3. The molecule has 6 nitrogen and oxygen atoms in total. The van der Waals surface area contributed by atoms with E-state index >= 15 is 0 Å². The van der Waals surface area contributed by atoms with Crippen molar-refractivity contribution >= 4 is 39.1 Å². The van der Waals surface area contributed by atoms with Crippen LogP contribution in [0, 0.1) is 0 Å². The highest BCUT2D eigenvalue weighted by atomic mass is 32.1. The molecule has 0 radical (unpaired) electrons. The maximum atomic E-state index is 12.7. The molecule has 2 atom stereocenters. The van der Waals surface area contributed by atoms with Gasteiger partial charge < -0.3 is 15.5 Å². The fourth-order valence-corrected chi connectivity index (χ4v) is 5.08. The molecular formula is C22H25N4O2S+. The van der Waals surface area contributed by atoms with Gasteiger partial charge in [0, 0.05) is 24.7 Å². The zero-order valence-corrected chi connectivity index (χ0v) is 17.2. The van der Waals surface area contributed by atoms with Crippen LogP contribution in [0.25, 0.3) is 10.2 Å². The second kappa shape index (κ2) is 8.71. The fourth-order valence-electron chi connectivity index (χ4n) is 3.92. The first-order chi connectivity index (χ1) is 14.1. The SMILES string of the molecule is CNC(=O)c1cccc(NC(=O)C[NH+]2CCCC[C@@H]2c2nc3ccccc3s2)c1. The molecular weight excluding hydrogens is 384 g/mol. The number of para-hydroxylation sites is 1. The highest BCUT2D eigenvalue weighted by molar-refractivity contribution is 7.18. The van der Waals surface area contributed by atoms with Crippen LogP contribution in [-0.2, 0) is 4.79 Å². The smallest absolute Gasteiger partial charge is 0.279 e. The van der Waals surface area contributed by atoms with Crippen LogP contribution in [0.3, 0.4) is 0 Å². The van der Waals surface area contributed by atoms with Crippen molar-refractivity contribution < 1.29 is 14.5 Å². The third kappa shape index (κ3) is 4.46. The molecule has 1 aromatic heterocycles. The summed E-state index contributed by atoms with van der Waals surface area (Å²) in [6.45, 7) is 1.36. The Morgan fingerprint density at radius 1 is 1.17 bits per heavy atom. The Morgan fingerprint density at radius 3 is 2.86 bits per heavy atom. The van der Waals surface area contributed by atoms with Crippen molar-refractivity contribution in [3.05, 3.63) is 59.1 Å². The minimum atomic E-state index is -0.168. The Balaban J connectivity index is 1.46. The summed E-state index contributed by atoms with van der Waals surface area (Å²) in [6, 6.07) is 15.5. The van der Waals surface area contributed by atoms with Gasteiger partial charge in [0.25, 0.3) is 11.8 Å². The van der Waals surface area contributed by atoms with Gasteiger partial charge >= 0.3 is 0 Å². The molecule has 0 aliphatic carbocycles. The molecule has 2 heterocycles. The lowest BCUT2D eigenvalue weighted by Crippen LogP contribution is -3.14. The predicted octanol–water partition coefficient (Wildman–Crippen LogP) is 2.40. The number of carbonyl (C=O) groups is 2. The van der Waals surface area contributed by atoms with E-state index in [1.807, 2.05) is 18.2 Å². The number of hydrogen-bond donors (Lipinski definition) is 3. The zero-order chi connectivity index (χ0) is 20.2. The van der Waals surface area contributed by atoms with Crippen molar-refractivity contribution in [3.8, 4) is 0 Å². The summed E-state index contributed by atoms with van der Waals surface area (Å²) < 4.78 is 1.20. The maximum absolute atomic E-state index is 12.7. The van der Waals surface area contributed by atoms with Crippen molar-refractivity contribution in [1.29, 1.82) is 0 Å². The molecule has 0 bridgehead atoms. The van der Waals surface area contributed by atoms with Gasteiger partial charge in [0.2, 0.25) is 0 Å². The molecule has 2 amide bonds. The molecule has 1 unspecified atom stereocenters. The first-order valence-electron chi connectivity index (χ1n) is 9.96. The van der Waals surface area contributed by atoms with Gasteiger partial charge in [0.1, 0.15) is 6.04 Å². The van der Waals surface area contributed by atoms with Crippen LogP contribution in [0.5, 0.6) is 0 Å². The molecule has 1 fully saturated rings. The lowest BCUT2D eigenvalue weighted by molar-refractivity contribution is -0.929. The van der Waals surface area contributed by atoms with Gasteiger partial charge in [-0.2, -0.15) is 0 Å². The molecule has 4 rings (SSSR count). The largest absolute Gasteiger partial charge is 0.355 e. The molecule has 1 saturated heterocycles. The second-order valence-corrected chi connectivity index (χ2v) is 8.42. The monoisotopic (exact) mass is 409 g/mol. The summed E-state index contributed by atoms with van der Waals surface area (Å²) in [5.74, 6) is -0.208. The second-order valence-electron chi connectivity index (χ2n) is 7.36. The third-order valence-corrected chi connectivity index (χ3v) is 6.52. The Kier molecular flexibility index (Phi) is 5.87. The van der Waals surface area contributed by atoms with Gasteiger partial charge in [-0.05, 0) is 43.2 Å². The van der Waals surface area contributed by atoms with E-state index in [9.17, 15) is 9.59 Å². The number of carbonyl (C=O) groups excluding carboxylic acids is 2. The third-order valence-electron chi connectivity index (χ3n) is 5.37. The number of aromatic nitrogens is 1. The number of amides is 2. The normalized spacial score (nSPS) is 19.1. The Labute approximate surface area is 173 Å². The van der Waals surface area contributed by atoms with Crippen LogP contribution in [0.2, 0.25) is 0 Å². The number of likely N-dealkylation sites (tertiary alicyclic amines) is 1. The summed E-state index contributed by atoms with van der Waals surface area (Å²) in [5.41, 5.74) is 2.21. The fraction of sp³-hybridized carbons (Fsp3) is 0.318. The van der Waals surface area contributed by atoms with E-state index in [0.717, 1.165) is 29.9 Å². The van der Waals surface area contributed by atoms with E-state index < -0.39 is 0 Å². The van der Waals surface area contributed by atoms with E-state index in [1.54, 1.807) is 42.6 Å². The number of hydrogen-bond acceptors (Lipinski definition) is 4. The van der Waals surface area contributed by atoms with E-state index in [-0.39, 0.29) is 17.9 Å². The summed E-state index contributed by atoms with van der Waals surface area (Å²) in [6.07, 6.45) is 3.34. The zero-order valence-electron chi connectivity index (χ0n) is 16.4. The number of anilines is 1. The minimum Gasteiger partial charge on any atom is -0.355 e. The lowest BCUT2D eigenvalue weighted by Gasteiger charge is -2.30. The lowest BCUT2D eigenvalue weighted by atomic mass is 10.0. The highest BCUT2D eigenvalue weighted by Gasteiger charge is 2.31. The molecule has 7 heteroatoms. The maximum Gasteiger partial charge on any atom is 0.279 e. The number of piperidine rings is 1. The van der Waals surface area contributed by atoms with Gasteiger partial charge in [-0.1, -0.05) is 18.2 Å². The standard InChI is InChI=1S/C22H24N4O2S/c1-23-21(28)15-7-6-8-16(13-15)24-20(27)14-26-12-5-4-10-18(26)22-25-17-9-2-3-11-19(17)29-22/h2-3,6-9,11,13,18H,4-5,10,12,14H2,1H3,(H,23,28)(H,24,27)/p+1/t18-/m1/s1. The van der Waals surface area contributed by atoms with Gasteiger partial charge in [0.15, 0.2) is 11.6 Å². The van der Waals surface area contributed by atoms with Crippen molar-refractivity contribution in [3.63, 3.8) is 0 Å². The average Bonchev–Trinajstić information content (AvgIpc) is 3.17. The Bertz CT molecular complexity index is 999. The molecule has 1 aliphatic heterocycles. The van der Waals surface area contributed by atoms with E-state index in [4.69, 9.17) is 4.98 Å². The number of quaternary nitrogens is 1. The van der Waals surface area contributed by atoms with Crippen LogP contribution in [0.1, 0.15) is 40.7 Å². The summed E-state index contributed by atoms with van der Waals surface area (Å²) in [7, 11) is 1.59. The average molecular weight is 410 g/mol. The number of rotatable bonds is 5. The van der Waals surface area contributed by atoms with Crippen molar-refractivity contribution in [1.82, 2.24) is 10.3 Å².